The fraction of sp³-hybridized carbons (Fsp3) is 0.188. The molecule has 0 spiro atoms. The predicted octanol–water partition coefficient (Wildman–Crippen LogP) is 3.09. The van der Waals surface area contributed by atoms with E-state index in [1.165, 1.54) is 0 Å². The number of hydrogen-bond donors (Lipinski definition) is 0. The van der Waals surface area contributed by atoms with Crippen LogP contribution in [0.5, 0.6) is 0 Å². The molecule has 0 radical (unpaired) electrons. The van der Waals surface area contributed by atoms with E-state index in [0.717, 1.165) is 34.5 Å². The van der Waals surface area contributed by atoms with Crippen molar-refractivity contribution in [2.45, 2.75) is 12.8 Å². The molecule has 3 rings (SSSR count). The van der Waals surface area contributed by atoms with Gasteiger partial charge in [-0.2, -0.15) is 5.26 Å². The molecule has 0 amide bonds. The van der Waals surface area contributed by atoms with Gasteiger partial charge >= 0.3 is 0 Å². The highest BCUT2D eigenvalue weighted by Crippen LogP contribution is 2.23. The summed E-state index contributed by atoms with van der Waals surface area (Å²) >= 11 is 0. The standard InChI is InChI=1S/C16H14N4/c1-20-15-8-7-12(5-4-9-17)11-14(15)19-16(20)13-6-2-3-10-18-13/h2-3,6-8,10-11H,4-5H2,1H3. The van der Waals surface area contributed by atoms with Crippen molar-refractivity contribution < 1.29 is 0 Å². The van der Waals surface area contributed by atoms with Crippen LogP contribution in [0.2, 0.25) is 0 Å². The number of rotatable bonds is 3. The van der Waals surface area contributed by atoms with Gasteiger partial charge in [0.25, 0.3) is 0 Å². The predicted molar refractivity (Wildman–Crippen MR) is 77.9 cm³/mol. The zero-order chi connectivity index (χ0) is 13.9. The van der Waals surface area contributed by atoms with Gasteiger partial charge in [-0.15, -0.1) is 0 Å². The Morgan fingerprint density at radius 2 is 2.15 bits per heavy atom. The van der Waals surface area contributed by atoms with Crippen molar-refractivity contribution in [1.29, 1.82) is 5.26 Å². The average Bonchev–Trinajstić information content (AvgIpc) is 2.83. The van der Waals surface area contributed by atoms with Crippen molar-refractivity contribution in [3.8, 4) is 17.6 Å². The van der Waals surface area contributed by atoms with E-state index >= 15 is 0 Å². The van der Waals surface area contributed by atoms with Crippen molar-refractivity contribution in [1.82, 2.24) is 14.5 Å². The van der Waals surface area contributed by atoms with E-state index < -0.39 is 0 Å². The molecule has 0 fully saturated rings. The molecule has 2 heterocycles. The van der Waals surface area contributed by atoms with Crippen LogP contribution in [0.3, 0.4) is 0 Å². The zero-order valence-corrected chi connectivity index (χ0v) is 11.2. The van der Waals surface area contributed by atoms with E-state index in [1.54, 1.807) is 6.20 Å². The number of benzene rings is 1. The Balaban J connectivity index is 2.08. The van der Waals surface area contributed by atoms with Gasteiger partial charge in [0.2, 0.25) is 0 Å². The van der Waals surface area contributed by atoms with Gasteiger partial charge in [0.15, 0.2) is 5.82 Å². The zero-order valence-electron chi connectivity index (χ0n) is 11.2. The van der Waals surface area contributed by atoms with Crippen LogP contribution in [-0.4, -0.2) is 14.5 Å². The van der Waals surface area contributed by atoms with Gasteiger partial charge < -0.3 is 4.57 Å². The minimum Gasteiger partial charge on any atom is -0.326 e. The summed E-state index contributed by atoms with van der Waals surface area (Å²) in [7, 11) is 1.99. The van der Waals surface area contributed by atoms with Crippen molar-refractivity contribution in [2.75, 3.05) is 0 Å². The third-order valence-electron chi connectivity index (χ3n) is 3.36. The van der Waals surface area contributed by atoms with E-state index in [1.807, 2.05) is 29.8 Å². The van der Waals surface area contributed by atoms with Gasteiger partial charge in [0, 0.05) is 19.7 Å². The molecule has 2 aromatic heterocycles. The Bertz CT molecular complexity index is 781. The van der Waals surface area contributed by atoms with Crippen LogP contribution in [0.1, 0.15) is 12.0 Å². The monoisotopic (exact) mass is 262 g/mol. The molecule has 20 heavy (non-hydrogen) atoms. The second kappa shape index (κ2) is 5.14. The highest BCUT2D eigenvalue weighted by Gasteiger charge is 2.10. The first-order valence-electron chi connectivity index (χ1n) is 6.53. The van der Waals surface area contributed by atoms with Crippen LogP contribution in [0.15, 0.2) is 42.6 Å². The van der Waals surface area contributed by atoms with Crippen LogP contribution in [0.4, 0.5) is 0 Å². The molecule has 0 bridgehead atoms. The van der Waals surface area contributed by atoms with Crippen molar-refractivity contribution in [3.05, 3.63) is 48.2 Å². The van der Waals surface area contributed by atoms with E-state index in [-0.39, 0.29) is 0 Å². The molecule has 4 nitrogen and oxygen atoms in total. The van der Waals surface area contributed by atoms with E-state index in [4.69, 9.17) is 5.26 Å². The Kier molecular flexibility index (Phi) is 3.18. The van der Waals surface area contributed by atoms with E-state index in [0.29, 0.717) is 6.42 Å². The summed E-state index contributed by atoms with van der Waals surface area (Å²) in [5.74, 6) is 0.859. The van der Waals surface area contributed by atoms with Crippen LogP contribution in [0.25, 0.3) is 22.6 Å². The molecule has 0 unspecified atom stereocenters. The van der Waals surface area contributed by atoms with E-state index in [2.05, 4.69) is 34.2 Å². The topological polar surface area (TPSA) is 54.5 Å². The van der Waals surface area contributed by atoms with Crippen LogP contribution in [0, 0.1) is 11.3 Å². The molecule has 0 N–H and O–H groups in total. The molecule has 0 saturated heterocycles. The normalized spacial score (nSPS) is 10.6. The summed E-state index contributed by atoms with van der Waals surface area (Å²) in [6, 6.07) is 14.2. The van der Waals surface area contributed by atoms with E-state index in [9.17, 15) is 0 Å². The highest BCUT2D eigenvalue weighted by atomic mass is 15.1. The van der Waals surface area contributed by atoms with Gasteiger partial charge in [-0.1, -0.05) is 12.1 Å². The number of nitrogens with zero attached hydrogens (tertiary/aromatic N) is 4. The average molecular weight is 262 g/mol. The number of pyridine rings is 1. The fourth-order valence-corrected chi connectivity index (χ4v) is 2.33. The highest BCUT2D eigenvalue weighted by molar-refractivity contribution is 5.80. The number of imidazole rings is 1. The van der Waals surface area contributed by atoms with Gasteiger partial charge in [-0.05, 0) is 36.2 Å². The maximum atomic E-state index is 8.66. The molecule has 0 aliphatic heterocycles. The van der Waals surface area contributed by atoms with Crippen molar-refractivity contribution in [3.63, 3.8) is 0 Å². The minimum absolute atomic E-state index is 0.533. The number of aromatic nitrogens is 3. The third kappa shape index (κ3) is 2.14. The number of aryl methyl sites for hydroxylation is 2. The summed E-state index contributed by atoms with van der Waals surface area (Å²) in [6.45, 7) is 0. The lowest BCUT2D eigenvalue weighted by Crippen LogP contribution is -1.93. The first kappa shape index (κ1) is 12.4. The molecule has 1 aromatic carbocycles. The summed E-state index contributed by atoms with van der Waals surface area (Å²) in [4.78, 5) is 9.02. The van der Waals surface area contributed by atoms with Gasteiger partial charge in [-0.25, -0.2) is 4.98 Å². The summed E-state index contributed by atoms with van der Waals surface area (Å²) in [5, 5.41) is 8.66. The third-order valence-corrected chi connectivity index (χ3v) is 3.36. The van der Waals surface area contributed by atoms with Crippen LogP contribution < -0.4 is 0 Å². The number of hydrogen-bond acceptors (Lipinski definition) is 3. The van der Waals surface area contributed by atoms with Gasteiger partial charge in [0.05, 0.1) is 17.1 Å². The van der Waals surface area contributed by atoms with Crippen molar-refractivity contribution in [2.24, 2.45) is 7.05 Å². The maximum absolute atomic E-state index is 8.66. The lowest BCUT2D eigenvalue weighted by molar-refractivity contribution is 0.950. The molecule has 3 aromatic rings. The van der Waals surface area contributed by atoms with Crippen molar-refractivity contribution >= 4 is 11.0 Å². The summed E-state index contributed by atoms with van der Waals surface area (Å²) in [5.41, 5.74) is 4.03. The summed E-state index contributed by atoms with van der Waals surface area (Å²) in [6.07, 6.45) is 3.07. The lowest BCUT2D eigenvalue weighted by Gasteiger charge is -2.01. The van der Waals surface area contributed by atoms with Crippen LogP contribution >= 0.6 is 0 Å². The Morgan fingerprint density at radius 3 is 2.90 bits per heavy atom. The van der Waals surface area contributed by atoms with Crippen LogP contribution in [-0.2, 0) is 13.5 Å². The Labute approximate surface area is 117 Å². The molecule has 0 aliphatic rings. The minimum atomic E-state index is 0.533. The molecule has 0 aliphatic carbocycles. The molecule has 98 valence electrons. The Hall–Kier alpha value is -2.67. The fourth-order valence-electron chi connectivity index (χ4n) is 2.33. The Morgan fingerprint density at radius 1 is 1.25 bits per heavy atom. The molecule has 0 saturated carbocycles. The first-order valence-corrected chi connectivity index (χ1v) is 6.53. The SMILES string of the molecule is Cn1c(-c2ccccn2)nc2cc(CCC#N)ccc21. The number of fused-ring (bicyclic) bond motifs is 1. The molecule has 4 heteroatoms. The largest absolute Gasteiger partial charge is 0.326 e. The quantitative estimate of drug-likeness (QED) is 0.728. The second-order valence-electron chi connectivity index (χ2n) is 4.69. The first-order chi connectivity index (χ1) is 9.79. The molecule has 0 atom stereocenters. The lowest BCUT2D eigenvalue weighted by atomic mass is 10.1. The van der Waals surface area contributed by atoms with Gasteiger partial charge in [-0.3, -0.25) is 4.98 Å². The molecular weight excluding hydrogens is 248 g/mol. The number of nitriles is 1. The summed E-state index contributed by atoms with van der Waals surface area (Å²) < 4.78 is 2.05. The smallest absolute Gasteiger partial charge is 0.159 e. The van der Waals surface area contributed by atoms with Gasteiger partial charge in [0.1, 0.15) is 5.69 Å². The second-order valence-corrected chi connectivity index (χ2v) is 4.69. The maximum Gasteiger partial charge on any atom is 0.159 e. The molecular formula is C16H14N4.